The number of rotatable bonds is 5. The van der Waals surface area contributed by atoms with E-state index in [4.69, 9.17) is 14.2 Å². The molecule has 3 rings (SSSR count). The standard InChI is InChI=1S/C24H33N3O6S/c1-16-13-25-17(2)15-33-21-12-18(10-11-19(21)24(28)27(3)14-22(16)32-5)26-34(29,30)23-9-7-6-8-20(23)31-4/h6-12,16-17,22,25-26H,13-15H2,1-5H3/t16-,17+,22+/m1/s1. The average Bonchev–Trinajstić information content (AvgIpc) is 2.83. The number of nitrogens with one attached hydrogen (secondary N) is 2. The molecule has 0 saturated heterocycles. The summed E-state index contributed by atoms with van der Waals surface area (Å²) < 4.78 is 45.4. The number of likely N-dealkylation sites (N-methyl/N-ethyl adjacent to an activating group) is 1. The zero-order chi connectivity index (χ0) is 24.9. The molecule has 1 amide bonds. The third kappa shape index (κ3) is 5.99. The second kappa shape index (κ2) is 11.1. The molecule has 2 aromatic carbocycles. The van der Waals surface area contributed by atoms with Gasteiger partial charge in [0.05, 0.1) is 24.5 Å². The summed E-state index contributed by atoms with van der Waals surface area (Å²) >= 11 is 0. The number of anilines is 1. The summed E-state index contributed by atoms with van der Waals surface area (Å²) in [5.74, 6) is 0.488. The molecule has 3 atom stereocenters. The Balaban J connectivity index is 1.94. The molecule has 10 heteroatoms. The van der Waals surface area contributed by atoms with Crippen molar-refractivity contribution in [2.75, 3.05) is 45.7 Å². The van der Waals surface area contributed by atoms with Gasteiger partial charge >= 0.3 is 0 Å². The number of para-hydroxylation sites is 1. The van der Waals surface area contributed by atoms with Gasteiger partial charge in [-0.25, -0.2) is 8.42 Å². The van der Waals surface area contributed by atoms with Gasteiger partial charge in [-0.3, -0.25) is 9.52 Å². The third-order valence-electron chi connectivity index (χ3n) is 5.84. The van der Waals surface area contributed by atoms with E-state index in [9.17, 15) is 13.2 Å². The van der Waals surface area contributed by atoms with Gasteiger partial charge in [0.2, 0.25) is 0 Å². The van der Waals surface area contributed by atoms with Crippen LogP contribution in [0.25, 0.3) is 0 Å². The molecule has 0 radical (unpaired) electrons. The minimum atomic E-state index is -3.93. The number of fused-ring (bicyclic) bond motifs is 1. The van der Waals surface area contributed by atoms with Crippen molar-refractivity contribution in [3.63, 3.8) is 0 Å². The second-order valence-corrected chi connectivity index (χ2v) is 10.2. The zero-order valence-electron chi connectivity index (χ0n) is 20.2. The van der Waals surface area contributed by atoms with Gasteiger partial charge in [-0.1, -0.05) is 19.1 Å². The summed E-state index contributed by atoms with van der Waals surface area (Å²) in [7, 11) is 0.842. The van der Waals surface area contributed by atoms with Gasteiger partial charge in [-0.15, -0.1) is 0 Å². The Bertz CT molecular complexity index is 1110. The number of hydrogen-bond donors (Lipinski definition) is 2. The summed E-state index contributed by atoms with van der Waals surface area (Å²) in [6.45, 7) is 5.48. The van der Waals surface area contributed by atoms with Gasteiger partial charge in [0.1, 0.15) is 23.0 Å². The first-order chi connectivity index (χ1) is 16.2. The predicted molar refractivity (Wildman–Crippen MR) is 130 cm³/mol. The number of nitrogens with zero attached hydrogens (tertiary/aromatic N) is 1. The minimum absolute atomic E-state index is 0.00833. The van der Waals surface area contributed by atoms with E-state index in [1.165, 1.54) is 19.2 Å². The topological polar surface area (TPSA) is 106 Å². The van der Waals surface area contributed by atoms with E-state index < -0.39 is 10.0 Å². The van der Waals surface area contributed by atoms with Crippen LogP contribution in [-0.4, -0.2) is 72.3 Å². The van der Waals surface area contributed by atoms with Crippen LogP contribution in [0, 0.1) is 5.92 Å². The van der Waals surface area contributed by atoms with Gasteiger partial charge in [-0.05, 0) is 37.1 Å². The lowest BCUT2D eigenvalue weighted by molar-refractivity contribution is 0.0281. The van der Waals surface area contributed by atoms with Crippen LogP contribution in [0.1, 0.15) is 24.2 Å². The van der Waals surface area contributed by atoms with E-state index in [0.717, 1.165) is 0 Å². The lowest BCUT2D eigenvalue weighted by atomic mass is 10.0. The van der Waals surface area contributed by atoms with Crippen LogP contribution >= 0.6 is 0 Å². The number of benzene rings is 2. The highest BCUT2D eigenvalue weighted by Gasteiger charge is 2.26. The van der Waals surface area contributed by atoms with Crippen molar-refractivity contribution < 1.29 is 27.4 Å². The lowest BCUT2D eigenvalue weighted by Crippen LogP contribution is -2.44. The van der Waals surface area contributed by atoms with Crippen molar-refractivity contribution in [1.29, 1.82) is 0 Å². The van der Waals surface area contributed by atoms with Gasteiger partial charge in [0.25, 0.3) is 15.9 Å². The number of amides is 1. The van der Waals surface area contributed by atoms with Crippen molar-refractivity contribution >= 4 is 21.6 Å². The highest BCUT2D eigenvalue weighted by Crippen LogP contribution is 2.29. The number of sulfonamides is 1. The maximum atomic E-state index is 13.2. The summed E-state index contributed by atoms with van der Waals surface area (Å²) in [5, 5.41) is 3.42. The Kier molecular flexibility index (Phi) is 8.40. The number of methoxy groups -OCH3 is 2. The maximum absolute atomic E-state index is 13.2. The summed E-state index contributed by atoms with van der Waals surface area (Å²) in [6.07, 6.45) is -0.135. The molecule has 2 N–H and O–H groups in total. The minimum Gasteiger partial charge on any atom is -0.495 e. The molecule has 186 valence electrons. The number of carbonyl (C=O) groups excluding carboxylic acids is 1. The Labute approximate surface area is 201 Å². The van der Waals surface area contributed by atoms with Crippen molar-refractivity contribution in [3.8, 4) is 11.5 Å². The zero-order valence-corrected chi connectivity index (χ0v) is 21.0. The smallest absolute Gasteiger partial charge is 0.265 e. The first-order valence-electron chi connectivity index (χ1n) is 11.1. The average molecular weight is 492 g/mol. The molecule has 0 spiro atoms. The monoisotopic (exact) mass is 491 g/mol. The normalized spacial score (nSPS) is 22.1. The molecular weight excluding hydrogens is 458 g/mol. The van der Waals surface area contributed by atoms with Gasteiger partial charge < -0.3 is 24.4 Å². The number of ether oxygens (including phenoxy) is 3. The largest absolute Gasteiger partial charge is 0.495 e. The van der Waals surface area contributed by atoms with Gasteiger partial charge in [-0.2, -0.15) is 0 Å². The fraction of sp³-hybridized carbons (Fsp3) is 0.458. The summed E-state index contributed by atoms with van der Waals surface area (Å²) in [6, 6.07) is 11.0. The molecule has 0 saturated carbocycles. The first kappa shape index (κ1) is 25.8. The Hall–Kier alpha value is -2.82. The summed E-state index contributed by atoms with van der Waals surface area (Å²) in [5.41, 5.74) is 0.620. The van der Waals surface area contributed by atoms with E-state index >= 15 is 0 Å². The third-order valence-corrected chi connectivity index (χ3v) is 7.26. The SMILES string of the molecule is COc1ccccc1S(=O)(=O)Nc1ccc2c(c1)OC[C@H](C)NC[C@@H](C)[C@@H](OC)CN(C)C2=O. The fourth-order valence-electron chi connectivity index (χ4n) is 3.77. The van der Waals surface area contributed by atoms with Crippen molar-refractivity contribution in [3.05, 3.63) is 48.0 Å². The highest BCUT2D eigenvalue weighted by molar-refractivity contribution is 7.92. The second-order valence-electron chi connectivity index (χ2n) is 8.52. The van der Waals surface area contributed by atoms with E-state index in [2.05, 4.69) is 17.0 Å². The van der Waals surface area contributed by atoms with Crippen LogP contribution in [0.3, 0.4) is 0 Å². The first-order valence-corrected chi connectivity index (χ1v) is 12.6. The van der Waals surface area contributed by atoms with Crippen LogP contribution in [-0.2, 0) is 14.8 Å². The Morgan fingerprint density at radius 2 is 1.88 bits per heavy atom. The lowest BCUT2D eigenvalue weighted by Gasteiger charge is -2.30. The van der Waals surface area contributed by atoms with E-state index in [-0.39, 0.29) is 40.3 Å². The summed E-state index contributed by atoms with van der Waals surface area (Å²) in [4.78, 5) is 14.8. The van der Waals surface area contributed by atoms with Crippen molar-refractivity contribution in [2.45, 2.75) is 30.9 Å². The van der Waals surface area contributed by atoms with E-state index in [1.807, 2.05) is 6.92 Å². The maximum Gasteiger partial charge on any atom is 0.265 e. The van der Waals surface area contributed by atoms with E-state index in [0.29, 0.717) is 31.0 Å². The predicted octanol–water partition coefficient (Wildman–Crippen LogP) is 2.59. The molecule has 0 aliphatic carbocycles. The molecule has 0 unspecified atom stereocenters. The van der Waals surface area contributed by atoms with Crippen molar-refractivity contribution in [2.24, 2.45) is 5.92 Å². The van der Waals surface area contributed by atoms with Crippen LogP contribution in [0.4, 0.5) is 5.69 Å². The molecule has 1 heterocycles. The molecule has 2 aromatic rings. The van der Waals surface area contributed by atoms with E-state index in [1.54, 1.807) is 49.4 Å². The fourth-order valence-corrected chi connectivity index (χ4v) is 4.99. The van der Waals surface area contributed by atoms with Crippen molar-refractivity contribution in [1.82, 2.24) is 10.2 Å². The molecule has 34 heavy (non-hydrogen) atoms. The molecule has 0 bridgehead atoms. The number of carbonyl (C=O) groups is 1. The molecule has 0 fully saturated rings. The Morgan fingerprint density at radius 3 is 2.59 bits per heavy atom. The molecule has 1 aliphatic heterocycles. The van der Waals surface area contributed by atoms with Crippen LogP contribution in [0.15, 0.2) is 47.4 Å². The van der Waals surface area contributed by atoms with Gasteiger partial charge in [0.15, 0.2) is 0 Å². The van der Waals surface area contributed by atoms with Crippen LogP contribution < -0.4 is 19.5 Å². The molecular formula is C24H33N3O6S. The van der Waals surface area contributed by atoms with Crippen LogP contribution in [0.5, 0.6) is 11.5 Å². The number of hydrogen-bond acceptors (Lipinski definition) is 7. The molecule has 9 nitrogen and oxygen atoms in total. The quantitative estimate of drug-likeness (QED) is 0.662. The van der Waals surface area contributed by atoms with Crippen LogP contribution in [0.2, 0.25) is 0 Å². The van der Waals surface area contributed by atoms with Gasteiger partial charge in [0, 0.05) is 39.4 Å². The Morgan fingerprint density at radius 1 is 1.15 bits per heavy atom. The molecule has 1 aliphatic rings. The highest BCUT2D eigenvalue weighted by atomic mass is 32.2. The molecule has 0 aromatic heterocycles.